The maximum Gasteiger partial charge on any atom is 0.231 e. The van der Waals surface area contributed by atoms with Gasteiger partial charge in [0, 0.05) is 25.7 Å². The van der Waals surface area contributed by atoms with Crippen LogP contribution in [0.4, 0.5) is 5.69 Å². The summed E-state index contributed by atoms with van der Waals surface area (Å²) >= 11 is 6.15. The number of aromatic hydroxyl groups is 1. The Morgan fingerprint density at radius 3 is 2.57 bits per heavy atom. The predicted octanol–water partition coefficient (Wildman–Crippen LogP) is 3.47. The number of nitrogens with zero attached hydrogens (tertiary/aromatic N) is 1. The number of amides is 1. The number of carbonyl (C=O) groups is 1. The maximum absolute atomic E-state index is 11.7. The molecule has 1 aliphatic rings. The van der Waals surface area contributed by atoms with Gasteiger partial charge >= 0.3 is 0 Å². The van der Waals surface area contributed by atoms with Crippen LogP contribution in [0.3, 0.4) is 0 Å². The zero-order valence-electron chi connectivity index (χ0n) is 13.4. The summed E-state index contributed by atoms with van der Waals surface area (Å²) in [5.41, 5.74) is 1.96. The molecule has 0 aliphatic carbocycles. The monoisotopic (exact) mass is 338 g/mol. The molecule has 0 fully saturated rings. The van der Waals surface area contributed by atoms with Crippen LogP contribution >= 0.6 is 11.6 Å². The van der Waals surface area contributed by atoms with Crippen molar-refractivity contribution < 1.29 is 19.4 Å². The number of benzene rings is 1. The van der Waals surface area contributed by atoms with Crippen LogP contribution in [-0.4, -0.2) is 29.8 Å². The van der Waals surface area contributed by atoms with Gasteiger partial charge in [-0.15, -0.1) is 0 Å². The molecule has 1 amide bonds. The van der Waals surface area contributed by atoms with Crippen molar-refractivity contribution in [3.8, 4) is 17.2 Å². The number of carbonyl (C=O) groups excluding carboxylic acids is 1. The highest BCUT2D eigenvalue weighted by atomic mass is 35.5. The molecule has 0 atom stereocenters. The van der Waals surface area contributed by atoms with Crippen molar-refractivity contribution in [2.45, 2.75) is 20.8 Å². The second-order valence-electron chi connectivity index (χ2n) is 5.17. The Kier molecular flexibility index (Phi) is 5.05. The van der Waals surface area contributed by atoms with Crippen LogP contribution in [0.25, 0.3) is 6.08 Å². The highest BCUT2D eigenvalue weighted by Crippen LogP contribution is 2.48. The molecule has 0 saturated carbocycles. The molecule has 0 aromatic heterocycles. The van der Waals surface area contributed by atoms with Gasteiger partial charge in [0.1, 0.15) is 5.16 Å². The minimum Gasteiger partial charge on any atom is -0.504 e. The Morgan fingerprint density at radius 2 is 2.00 bits per heavy atom. The zero-order chi connectivity index (χ0) is 17.1. The normalized spacial score (nSPS) is 12.4. The number of halogens is 1. The van der Waals surface area contributed by atoms with Gasteiger partial charge < -0.3 is 19.9 Å². The third-order valence-corrected chi connectivity index (χ3v) is 3.84. The molecule has 23 heavy (non-hydrogen) atoms. The van der Waals surface area contributed by atoms with Gasteiger partial charge in [0.05, 0.1) is 5.69 Å². The molecular weight excluding hydrogens is 320 g/mol. The second-order valence-corrected chi connectivity index (χ2v) is 5.53. The average molecular weight is 339 g/mol. The van der Waals surface area contributed by atoms with Crippen LogP contribution in [0.2, 0.25) is 0 Å². The van der Waals surface area contributed by atoms with Gasteiger partial charge in [-0.3, -0.25) is 9.69 Å². The molecule has 0 radical (unpaired) electrons. The highest BCUT2D eigenvalue weighted by Gasteiger charge is 2.24. The van der Waals surface area contributed by atoms with Crippen molar-refractivity contribution in [1.82, 2.24) is 4.90 Å². The SMILES string of the molecule is CNc1cc(/C=C/N(C(C)=O)C(Cl)=C(C)C)c(O)c2c1OCO2. The number of fused-ring (bicyclic) bond motifs is 1. The minimum absolute atomic E-state index is 0.0495. The number of phenolic OH excluding ortho intramolecular Hbond substituents is 1. The van der Waals surface area contributed by atoms with Gasteiger partial charge in [-0.1, -0.05) is 11.6 Å². The van der Waals surface area contributed by atoms with Gasteiger partial charge in [0.2, 0.25) is 18.4 Å². The Hall–Kier alpha value is -2.34. The van der Waals surface area contributed by atoms with E-state index in [0.29, 0.717) is 22.2 Å². The Balaban J connectivity index is 2.43. The van der Waals surface area contributed by atoms with Crippen molar-refractivity contribution in [3.63, 3.8) is 0 Å². The predicted molar refractivity (Wildman–Crippen MR) is 89.6 cm³/mol. The van der Waals surface area contributed by atoms with Gasteiger partial charge in [-0.25, -0.2) is 0 Å². The molecule has 1 aromatic rings. The Morgan fingerprint density at radius 1 is 1.35 bits per heavy atom. The first-order valence-electron chi connectivity index (χ1n) is 7.01. The lowest BCUT2D eigenvalue weighted by atomic mass is 10.1. The topological polar surface area (TPSA) is 71.0 Å². The van der Waals surface area contributed by atoms with E-state index in [4.69, 9.17) is 21.1 Å². The average Bonchev–Trinajstić information content (AvgIpc) is 2.98. The summed E-state index contributed by atoms with van der Waals surface area (Å²) in [5.74, 6) is 0.457. The lowest BCUT2D eigenvalue weighted by Crippen LogP contribution is -2.20. The van der Waals surface area contributed by atoms with Crippen molar-refractivity contribution in [1.29, 1.82) is 0 Å². The molecule has 2 rings (SSSR count). The number of rotatable bonds is 4. The molecule has 1 heterocycles. The fourth-order valence-corrected chi connectivity index (χ4v) is 2.27. The van der Waals surface area contributed by atoms with Crippen molar-refractivity contribution in [2.75, 3.05) is 19.2 Å². The smallest absolute Gasteiger partial charge is 0.231 e. The first kappa shape index (κ1) is 17.0. The quantitative estimate of drug-likeness (QED) is 0.649. The van der Waals surface area contributed by atoms with E-state index in [9.17, 15) is 9.90 Å². The van der Waals surface area contributed by atoms with Gasteiger partial charge in [-0.05, 0) is 31.6 Å². The maximum atomic E-state index is 11.7. The van der Waals surface area contributed by atoms with Crippen LogP contribution in [-0.2, 0) is 4.79 Å². The first-order valence-corrected chi connectivity index (χ1v) is 7.39. The molecule has 1 aliphatic heterocycles. The van der Waals surface area contributed by atoms with E-state index in [1.54, 1.807) is 19.2 Å². The van der Waals surface area contributed by atoms with Crippen LogP contribution in [0.1, 0.15) is 26.3 Å². The second kappa shape index (κ2) is 6.83. The summed E-state index contributed by atoms with van der Waals surface area (Å²) in [6.45, 7) is 5.08. The van der Waals surface area contributed by atoms with E-state index in [1.165, 1.54) is 18.0 Å². The number of hydrogen-bond acceptors (Lipinski definition) is 5. The molecule has 6 nitrogen and oxygen atoms in total. The summed E-state index contributed by atoms with van der Waals surface area (Å²) in [7, 11) is 1.74. The lowest BCUT2D eigenvalue weighted by Gasteiger charge is -2.17. The van der Waals surface area contributed by atoms with Gasteiger partial charge in [0.25, 0.3) is 0 Å². The molecule has 0 bridgehead atoms. The Bertz CT molecular complexity index is 694. The van der Waals surface area contributed by atoms with Crippen molar-refractivity contribution in [2.24, 2.45) is 0 Å². The summed E-state index contributed by atoms with van der Waals surface area (Å²) < 4.78 is 10.6. The number of nitrogens with one attached hydrogen (secondary N) is 1. The summed E-state index contributed by atoms with van der Waals surface area (Å²) in [5, 5.41) is 13.6. The molecular formula is C16H19ClN2O4. The molecule has 0 saturated heterocycles. The van der Waals surface area contributed by atoms with Crippen LogP contribution in [0.15, 0.2) is 23.0 Å². The van der Waals surface area contributed by atoms with Gasteiger partial charge in [0.15, 0.2) is 11.5 Å². The van der Waals surface area contributed by atoms with Gasteiger partial charge in [-0.2, -0.15) is 0 Å². The molecule has 0 unspecified atom stereocenters. The number of ether oxygens (including phenoxy) is 2. The van der Waals surface area contributed by atoms with E-state index < -0.39 is 0 Å². The molecule has 2 N–H and O–H groups in total. The number of hydrogen-bond donors (Lipinski definition) is 2. The third kappa shape index (κ3) is 3.37. The molecule has 1 aromatic carbocycles. The van der Waals surface area contributed by atoms with E-state index in [2.05, 4.69) is 5.32 Å². The van der Waals surface area contributed by atoms with E-state index in [1.807, 2.05) is 13.8 Å². The largest absolute Gasteiger partial charge is 0.504 e. The summed E-state index contributed by atoms with van der Waals surface area (Å²) in [6, 6.07) is 1.70. The fourth-order valence-electron chi connectivity index (χ4n) is 2.09. The molecule has 124 valence electrons. The Labute approximate surface area is 139 Å². The van der Waals surface area contributed by atoms with Crippen molar-refractivity contribution in [3.05, 3.63) is 28.6 Å². The van der Waals surface area contributed by atoms with Crippen LogP contribution < -0.4 is 14.8 Å². The lowest BCUT2D eigenvalue weighted by molar-refractivity contribution is -0.124. The highest BCUT2D eigenvalue weighted by molar-refractivity contribution is 6.30. The zero-order valence-corrected chi connectivity index (χ0v) is 14.2. The van der Waals surface area contributed by atoms with Crippen LogP contribution in [0, 0.1) is 0 Å². The first-order chi connectivity index (χ1) is 10.9. The van der Waals surface area contributed by atoms with E-state index >= 15 is 0 Å². The number of allylic oxidation sites excluding steroid dienone is 1. The van der Waals surface area contributed by atoms with E-state index in [0.717, 1.165) is 5.57 Å². The minimum atomic E-state index is -0.235. The third-order valence-electron chi connectivity index (χ3n) is 3.28. The standard InChI is InChI=1S/C16H19ClN2O4/c1-9(2)16(17)19(10(3)20)6-5-11-7-12(18-4)14-15(13(11)21)23-8-22-14/h5-7,18,21H,8H2,1-4H3/b6-5+. The van der Waals surface area contributed by atoms with E-state index in [-0.39, 0.29) is 24.2 Å². The molecule has 7 heteroatoms. The molecule has 0 spiro atoms. The van der Waals surface area contributed by atoms with Crippen LogP contribution in [0.5, 0.6) is 17.2 Å². The summed E-state index contributed by atoms with van der Waals surface area (Å²) in [6.07, 6.45) is 3.10. The number of anilines is 1. The fraction of sp³-hybridized carbons (Fsp3) is 0.312. The van der Waals surface area contributed by atoms with Crippen molar-refractivity contribution >= 4 is 29.3 Å². The number of phenols is 1. The summed E-state index contributed by atoms with van der Waals surface area (Å²) in [4.78, 5) is 13.0.